The van der Waals surface area contributed by atoms with E-state index in [0.717, 1.165) is 10.6 Å². The first-order chi connectivity index (χ1) is 9.54. The summed E-state index contributed by atoms with van der Waals surface area (Å²) in [5, 5.41) is 4.06. The lowest BCUT2D eigenvalue weighted by Crippen LogP contribution is -2.14. The number of aromatic nitrogens is 1. The van der Waals surface area contributed by atoms with Gasteiger partial charge in [0, 0.05) is 0 Å². The zero-order chi connectivity index (χ0) is 14.5. The Morgan fingerprint density at radius 2 is 2.20 bits per heavy atom. The number of amides is 1. The minimum absolute atomic E-state index is 0.126. The van der Waals surface area contributed by atoms with Gasteiger partial charge in [-0.05, 0) is 36.8 Å². The summed E-state index contributed by atoms with van der Waals surface area (Å²) >= 11 is 7.40. The van der Waals surface area contributed by atoms with Crippen molar-refractivity contribution < 1.29 is 4.79 Å². The van der Waals surface area contributed by atoms with Crippen LogP contribution in [0.5, 0.6) is 0 Å². The Balaban J connectivity index is 1.90. The maximum Gasteiger partial charge on any atom is 0.234 e. The zero-order valence-corrected chi connectivity index (χ0v) is 12.5. The van der Waals surface area contributed by atoms with Crippen LogP contribution in [0.3, 0.4) is 0 Å². The van der Waals surface area contributed by atoms with E-state index in [4.69, 9.17) is 17.3 Å². The summed E-state index contributed by atoms with van der Waals surface area (Å²) < 4.78 is 0. The fourth-order valence-corrected chi connectivity index (χ4v) is 2.45. The van der Waals surface area contributed by atoms with Gasteiger partial charge in [-0.2, -0.15) is 0 Å². The Labute approximate surface area is 126 Å². The van der Waals surface area contributed by atoms with Crippen LogP contribution in [0.2, 0.25) is 5.02 Å². The second-order valence-electron chi connectivity index (χ2n) is 4.25. The van der Waals surface area contributed by atoms with Gasteiger partial charge in [-0.15, -0.1) is 0 Å². The molecule has 0 bridgehead atoms. The van der Waals surface area contributed by atoms with Crippen LogP contribution >= 0.6 is 23.4 Å². The van der Waals surface area contributed by atoms with E-state index >= 15 is 0 Å². The number of carbonyl (C=O) groups is 1. The number of nitrogens with two attached hydrogens (primary N) is 1. The SMILES string of the molecule is Cc1ccc(NC(=O)CSc2ccc(N)cn2)c(Cl)c1. The molecule has 0 saturated carbocycles. The van der Waals surface area contributed by atoms with Crippen LogP contribution in [-0.4, -0.2) is 16.6 Å². The van der Waals surface area contributed by atoms with Crippen molar-refractivity contribution in [2.75, 3.05) is 16.8 Å². The number of aryl methyl sites for hydroxylation is 1. The van der Waals surface area contributed by atoms with Crippen LogP contribution in [0.4, 0.5) is 11.4 Å². The summed E-state index contributed by atoms with van der Waals surface area (Å²) in [6.07, 6.45) is 1.57. The molecule has 4 nitrogen and oxygen atoms in total. The number of benzene rings is 1. The third-order valence-electron chi connectivity index (χ3n) is 2.51. The average Bonchev–Trinajstić information content (AvgIpc) is 2.41. The Kier molecular flexibility index (Phi) is 4.87. The van der Waals surface area contributed by atoms with Crippen LogP contribution in [0.15, 0.2) is 41.6 Å². The largest absolute Gasteiger partial charge is 0.397 e. The molecule has 6 heteroatoms. The number of hydrogen-bond acceptors (Lipinski definition) is 4. The minimum Gasteiger partial charge on any atom is -0.397 e. The molecule has 1 amide bonds. The van der Waals surface area contributed by atoms with E-state index < -0.39 is 0 Å². The summed E-state index contributed by atoms with van der Waals surface area (Å²) in [4.78, 5) is 16.0. The molecule has 3 N–H and O–H groups in total. The summed E-state index contributed by atoms with van der Waals surface area (Å²) in [7, 11) is 0. The number of thioether (sulfide) groups is 1. The lowest BCUT2D eigenvalue weighted by atomic mass is 10.2. The summed E-state index contributed by atoms with van der Waals surface area (Å²) in [5.41, 5.74) is 7.82. The summed E-state index contributed by atoms with van der Waals surface area (Å²) in [5.74, 6) is 0.139. The standard InChI is InChI=1S/C14H14ClN3OS/c1-9-2-4-12(11(15)6-9)18-13(19)8-20-14-5-3-10(16)7-17-14/h2-7H,8,16H2,1H3,(H,18,19). The van der Waals surface area contributed by atoms with Gasteiger partial charge in [0.1, 0.15) is 0 Å². The van der Waals surface area contributed by atoms with Crippen LogP contribution in [0.1, 0.15) is 5.56 Å². The van der Waals surface area contributed by atoms with Crippen LogP contribution in [0, 0.1) is 6.92 Å². The number of nitrogens with zero attached hydrogens (tertiary/aromatic N) is 1. The van der Waals surface area contributed by atoms with E-state index in [-0.39, 0.29) is 11.7 Å². The highest BCUT2D eigenvalue weighted by molar-refractivity contribution is 7.99. The fourth-order valence-electron chi connectivity index (χ4n) is 1.52. The normalized spacial score (nSPS) is 10.3. The fraction of sp³-hybridized carbons (Fsp3) is 0.143. The van der Waals surface area contributed by atoms with Crippen molar-refractivity contribution in [3.05, 3.63) is 47.1 Å². The van der Waals surface area contributed by atoms with E-state index in [1.54, 1.807) is 24.4 Å². The molecule has 0 aliphatic carbocycles. The van der Waals surface area contributed by atoms with Crippen LogP contribution in [-0.2, 0) is 4.79 Å². The molecule has 1 aromatic heterocycles. The van der Waals surface area contributed by atoms with Crippen molar-refractivity contribution in [3.8, 4) is 0 Å². The molecule has 0 spiro atoms. The van der Waals surface area contributed by atoms with Gasteiger partial charge >= 0.3 is 0 Å². The maximum atomic E-state index is 11.8. The molecule has 0 saturated heterocycles. The molecule has 0 aliphatic rings. The highest BCUT2D eigenvalue weighted by Crippen LogP contribution is 2.23. The molecule has 2 aromatic rings. The second-order valence-corrected chi connectivity index (χ2v) is 5.65. The van der Waals surface area contributed by atoms with Crippen molar-refractivity contribution >= 4 is 40.6 Å². The number of halogens is 1. The number of nitrogen functional groups attached to an aromatic ring is 1. The average molecular weight is 308 g/mol. The lowest BCUT2D eigenvalue weighted by Gasteiger charge is -2.07. The van der Waals surface area contributed by atoms with Gasteiger partial charge in [0.2, 0.25) is 5.91 Å². The monoisotopic (exact) mass is 307 g/mol. The molecule has 0 fully saturated rings. The number of carbonyl (C=O) groups excluding carboxylic acids is 1. The Morgan fingerprint density at radius 1 is 1.40 bits per heavy atom. The number of anilines is 2. The van der Waals surface area contributed by atoms with E-state index in [1.807, 2.05) is 19.1 Å². The summed E-state index contributed by atoms with van der Waals surface area (Å²) in [6.45, 7) is 1.94. The summed E-state index contributed by atoms with van der Waals surface area (Å²) in [6, 6.07) is 9.04. The molecular weight excluding hydrogens is 294 g/mol. The first-order valence-electron chi connectivity index (χ1n) is 5.95. The molecule has 2 rings (SSSR count). The predicted octanol–water partition coefficient (Wildman–Crippen LogP) is 3.36. The molecule has 0 radical (unpaired) electrons. The molecule has 1 heterocycles. The predicted molar refractivity (Wildman–Crippen MR) is 84.2 cm³/mol. The van der Waals surface area contributed by atoms with E-state index in [0.29, 0.717) is 16.4 Å². The number of rotatable bonds is 4. The zero-order valence-electron chi connectivity index (χ0n) is 10.9. The highest BCUT2D eigenvalue weighted by Gasteiger charge is 2.07. The topological polar surface area (TPSA) is 68.0 Å². The Bertz CT molecular complexity index is 616. The Hall–Kier alpha value is -1.72. The first-order valence-corrected chi connectivity index (χ1v) is 7.31. The van der Waals surface area contributed by atoms with E-state index in [1.165, 1.54) is 11.8 Å². The van der Waals surface area contributed by atoms with Crippen LogP contribution < -0.4 is 11.1 Å². The smallest absolute Gasteiger partial charge is 0.234 e. The van der Waals surface area contributed by atoms with Crippen molar-refractivity contribution in [1.82, 2.24) is 4.98 Å². The van der Waals surface area contributed by atoms with Crippen LogP contribution in [0.25, 0.3) is 0 Å². The number of nitrogens with one attached hydrogen (secondary N) is 1. The molecule has 0 aliphatic heterocycles. The quantitative estimate of drug-likeness (QED) is 0.850. The minimum atomic E-state index is -0.126. The third kappa shape index (κ3) is 4.15. The molecule has 104 valence electrons. The van der Waals surface area contributed by atoms with Crippen molar-refractivity contribution in [2.24, 2.45) is 0 Å². The number of hydrogen-bond donors (Lipinski definition) is 2. The van der Waals surface area contributed by atoms with Gasteiger partial charge in [0.05, 0.1) is 33.4 Å². The van der Waals surface area contributed by atoms with E-state index in [2.05, 4.69) is 10.3 Å². The first kappa shape index (κ1) is 14.7. The lowest BCUT2D eigenvalue weighted by molar-refractivity contribution is -0.113. The molecule has 1 aromatic carbocycles. The highest BCUT2D eigenvalue weighted by atomic mass is 35.5. The van der Waals surface area contributed by atoms with Gasteiger partial charge in [-0.1, -0.05) is 29.4 Å². The van der Waals surface area contributed by atoms with Gasteiger partial charge < -0.3 is 11.1 Å². The van der Waals surface area contributed by atoms with Crippen molar-refractivity contribution in [1.29, 1.82) is 0 Å². The van der Waals surface area contributed by atoms with Gasteiger partial charge in [0.15, 0.2) is 0 Å². The second kappa shape index (κ2) is 6.63. The molecule has 0 unspecified atom stereocenters. The molecular formula is C14H14ClN3OS. The van der Waals surface area contributed by atoms with Crippen molar-refractivity contribution in [3.63, 3.8) is 0 Å². The van der Waals surface area contributed by atoms with Gasteiger partial charge in [-0.25, -0.2) is 4.98 Å². The van der Waals surface area contributed by atoms with Crippen molar-refractivity contribution in [2.45, 2.75) is 11.9 Å². The molecule has 20 heavy (non-hydrogen) atoms. The maximum absolute atomic E-state index is 11.8. The Morgan fingerprint density at radius 3 is 2.85 bits per heavy atom. The van der Waals surface area contributed by atoms with Gasteiger partial charge in [-0.3, -0.25) is 4.79 Å². The van der Waals surface area contributed by atoms with Gasteiger partial charge in [0.25, 0.3) is 0 Å². The molecule has 0 atom stereocenters. The number of pyridine rings is 1. The van der Waals surface area contributed by atoms with E-state index in [9.17, 15) is 4.79 Å². The third-order valence-corrected chi connectivity index (χ3v) is 3.77.